The van der Waals surface area contributed by atoms with Gasteiger partial charge in [-0.05, 0) is 48.4 Å². The highest BCUT2D eigenvalue weighted by molar-refractivity contribution is 5.39. The van der Waals surface area contributed by atoms with E-state index in [0.29, 0.717) is 44.0 Å². The molecule has 1 aromatic carbocycles. The normalized spacial score (nSPS) is 17.5. The zero-order chi connectivity index (χ0) is 21.7. The van der Waals surface area contributed by atoms with E-state index in [0.717, 1.165) is 43.5 Å². The molecule has 1 aromatic heterocycles. The summed E-state index contributed by atoms with van der Waals surface area (Å²) < 4.78 is 53.0. The molecule has 1 saturated carbocycles. The summed E-state index contributed by atoms with van der Waals surface area (Å²) in [6, 6.07) is 4.76. The average molecular weight is 438 g/mol. The van der Waals surface area contributed by atoms with Crippen LogP contribution in [-0.2, 0) is 22.6 Å². The Hall–Kier alpha value is -2.43. The Balaban J connectivity index is 1.29. The molecule has 1 aliphatic carbocycles. The zero-order valence-corrected chi connectivity index (χ0v) is 17.0. The van der Waals surface area contributed by atoms with E-state index in [9.17, 15) is 13.2 Å². The van der Waals surface area contributed by atoms with Gasteiger partial charge in [0.1, 0.15) is 19.2 Å². The summed E-state index contributed by atoms with van der Waals surface area (Å²) in [5.41, 5.74) is 2.38. The van der Waals surface area contributed by atoms with Gasteiger partial charge >= 0.3 is 6.36 Å². The minimum absolute atomic E-state index is 0.193. The molecule has 1 aliphatic heterocycles. The van der Waals surface area contributed by atoms with Crippen LogP contribution in [0.2, 0.25) is 0 Å². The highest BCUT2D eigenvalue weighted by Crippen LogP contribution is 2.42. The lowest BCUT2D eigenvalue weighted by Gasteiger charge is -2.25. The van der Waals surface area contributed by atoms with Crippen molar-refractivity contribution in [3.63, 3.8) is 0 Å². The van der Waals surface area contributed by atoms with Crippen LogP contribution in [0.3, 0.4) is 0 Å². The Bertz CT molecular complexity index is 854. The Kier molecular flexibility index (Phi) is 6.89. The maximum Gasteiger partial charge on any atom is 0.573 e. The summed E-state index contributed by atoms with van der Waals surface area (Å²) in [6.45, 7) is 3.49. The van der Waals surface area contributed by atoms with Crippen LogP contribution < -0.4 is 10.1 Å². The van der Waals surface area contributed by atoms with Crippen molar-refractivity contribution in [1.82, 2.24) is 14.9 Å². The number of anilines is 1. The number of benzene rings is 1. The van der Waals surface area contributed by atoms with Crippen LogP contribution in [0.5, 0.6) is 5.75 Å². The Morgan fingerprint density at radius 3 is 2.61 bits per heavy atom. The monoisotopic (exact) mass is 438 g/mol. The molecule has 0 radical (unpaired) electrons. The van der Waals surface area contributed by atoms with E-state index in [1.54, 1.807) is 12.4 Å². The number of rotatable bonds is 9. The van der Waals surface area contributed by atoms with Crippen molar-refractivity contribution in [2.24, 2.45) is 0 Å². The maximum absolute atomic E-state index is 12.6. The molecule has 7 nitrogen and oxygen atoms in total. The first-order valence-electron chi connectivity index (χ1n) is 10.3. The molecule has 0 spiro atoms. The van der Waals surface area contributed by atoms with Gasteiger partial charge < -0.3 is 19.5 Å². The molecular weight excluding hydrogens is 413 g/mol. The summed E-state index contributed by atoms with van der Waals surface area (Å²) in [7, 11) is 0. The van der Waals surface area contributed by atoms with Gasteiger partial charge in [-0.1, -0.05) is 6.07 Å². The predicted octanol–water partition coefficient (Wildman–Crippen LogP) is 4.02. The Morgan fingerprint density at radius 1 is 1.13 bits per heavy atom. The van der Waals surface area contributed by atoms with Crippen molar-refractivity contribution in [3.05, 3.63) is 47.3 Å². The first kappa shape index (κ1) is 21.8. The Labute approximate surface area is 178 Å². The van der Waals surface area contributed by atoms with Crippen molar-refractivity contribution in [2.75, 3.05) is 31.9 Å². The molecule has 2 aromatic rings. The van der Waals surface area contributed by atoms with Crippen LogP contribution in [0.4, 0.5) is 19.1 Å². The van der Waals surface area contributed by atoms with Crippen LogP contribution >= 0.6 is 0 Å². The fraction of sp³-hybridized carbons (Fsp3) is 0.524. The number of nitrogens with zero attached hydrogens (tertiary/aromatic N) is 3. The van der Waals surface area contributed by atoms with Crippen molar-refractivity contribution in [2.45, 2.75) is 44.7 Å². The standard InChI is InChI=1S/C21H25F3N4O3/c22-21(23,24)31-19-7-15(6-18(8-19)17-2-3-17)9-25-20-26-10-16(11-27-20)12-30-14-28-4-1-5-29-13-28/h6-8,10-11,17H,1-5,9,12-14H2,(H,25,26,27). The van der Waals surface area contributed by atoms with Crippen LogP contribution in [0.1, 0.15) is 41.9 Å². The van der Waals surface area contributed by atoms with Gasteiger partial charge in [0.15, 0.2) is 0 Å². The molecule has 1 saturated heterocycles. The lowest BCUT2D eigenvalue weighted by molar-refractivity contribution is -0.274. The third-order valence-corrected chi connectivity index (χ3v) is 5.01. The minimum Gasteiger partial charge on any atom is -0.406 e. The second-order valence-electron chi connectivity index (χ2n) is 7.76. The van der Waals surface area contributed by atoms with E-state index in [1.165, 1.54) is 12.1 Å². The van der Waals surface area contributed by atoms with E-state index < -0.39 is 6.36 Å². The molecule has 1 N–H and O–H groups in total. The number of halogens is 3. The summed E-state index contributed by atoms with van der Waals surface area (Å²) in [6.07, 6.45) is 1.59. The third kappa shape index (κ3) is 7.05. The van der Waals surface area contributed by atoms with Gasteiger partial charge in [0.25, 0.3) is 0 Å². The van der Waals surface area contributed by atoms with Crippen molar-refractivity contribution in [3.8, 4) is 5.75 Å². The first-order valence-corrected chi connectivity index (χ1v) is 10.3. The highest BCUT2D eigenvalue weighted by Gasteiger charge is 2.32. The molecule has 168 valence electrons. The van der Waals surface area contributed by atoms with Crippen LogP contribution in [-0.4, -0.2) is 47.8 Å². The van der Waals surface area contributed by atoms with Gasteiger partial charge in [0, 0.05) is 37.7 Å². The lowest BCUT2D eigenvalue weighted by Crippen LogP contribution is -2.34. The summed E-state index contributed by atoms with van der Waals surface area (Å²) in [4.78, 5) is 10.6. The smallest absolute Gasteiger partial charge is 0.406 e. The molecule has 0 unspecified atom stereocenters. The SMILES string of the molecule is FC(F)(F)Oc1cc(CNc2ncc(COCN3CCCOC3)cn2)cc(C2CC2)c1. The zero-order valence-electron chi connectivity index (χ0n) is 17.0. The molecule has 31 heavy (non-hydrogen) atoms. The van der Waals surface area contributed by atoms with Crippen LogP contribution in [0, 0.1) is 0 Å². The molecule has 2 aliphatic rings. The van der Waals surface area contributed by atoms with E-state index in [4.69, 9.17) is 9.47 Å². The molecule has 0 bridgehead atoms. The van der Waals surface area contributed by atoms with Crippen molar-refractivity contribution in [1.29, 1.82) is 0 Å². The largest absolute Gasteiger partial charge is 0.573 e. The molecule has 4 rings (SSSR count). The van der Waals surface area contributed by atoms with E-state index in [1.807, 2.05) is 6.07 Å². The summed E-state index contributed by atoms with van der Waals surface area (Å²) >= 11 is 0. The number of alkyl halides is 3. The predicted molar refractivity (Wildman–Crippen MR) is 106 cm³/mol. The number of hydrogen-bond donors (Lipinski definition) is 1. The number of nitrogens with one attached hydrogen (secondary N) is 1. The quantitative estimate of drug-likeness (QED) is 0.634. The van der Waals surface area contributed by atoms with Crippen LogP contribution in [0.25, 0.3) is 0 Å². The molecule has 2 heterocycles. The summed E-state index contributed by atoms with van der Waals surface area (Å²) in [5, 5.41) is 3.05. The number of aromatic nitrogens is 2. The Morgan fingerprint density at radius 2 is 1.94 bits per heavy atom. The van der Waals surface area contributed by atoms with Crippen molar-refractivity contribution >= 4 is 5.95 Å². The summed E-state index contributed by atoms with van der Waals surface area (Å²) in [5.74, 6) is 0.507. The molecular formula is C21H25F3N4O3. The minimum atomic E-state index is -4.71. The molecule has 2 fully saturated rings. The first-order chi connectivity index (χ1) is 14.9. The second-order valence-corrected chi connectivity index (χ2v) is 7.76. The third-order valence-electron chi connectivity index (χ3n) is 5.01. The fourth-order valence-corrected chi connectivity index (χ4v) is 3.38. The fourth-order valence-electron chi connectivity index (χ4n) is 3.38. The van der Waals surface area contributed by atoms with Gasteiger partial charge in [-0.3, -0.25) is 4.90 Å². The highest BCUT2D eigenvalue weighted by atomic mass is 19.4. The maximum atomic E-state index is 12.6. The second kappa shape index (κ2) is 9.80. The van der Waals surface area contributed by atoms with Gasteiger partial charge in [-0.15, -0.1) is 13.2 Å². The van der Waals surface area contributed by atoms with E-state index in [-0.39, 0.29) is 5.75 Å². The lowest BCUT2D eigenvalue weighted by atomic mass is 10.1. The van der Waals surface area contributed by atoms with E-state index in [2.05, 4.69) is 24.9 Å². The van der Waals surface area contributed by atoms with Crippen LogP contribution in [0.15, 0.2) is 30.6 Å². The topological polar surface area (TPSA) is 68.7 Å². The average Bonchev–Trinajstić information content (AvgIpc) is 3.58. The number of hydrogen-bond acceptors (Lipinski definition) is 7. The van der Waals surface area contributed by atoms with Gasteiger partial charge in [-0.2, -0.15) is 0 Å². The molecule has 0 atom stereocenters. The van der Waals surface area contributed by atoms with Gasteiger partial charge in [0.2, 0.25) is 5.95 Å². The van der Waals surface area contributed by atoms with Gasteiger partial charge in [-0.25, -0.2) is 9.97 Å². The van der Waals surface area contributed by atoms with E-state index >= 15 is 0 Å². The number of ether oxygens (including phenoxy) is 3. The molecule has 0 amide bonds. The molecule has 10 heteroatoms. The van der Waals surface area contributed by atoms with Crippen molar-refractivity contribution < 1.29 is 27.4 Å². The van der Waals surface area contributed by atoms with Gasteiger partial charge in [0.05, 0.1) is 6.61 Å².